The molecule has 1 N–H and O–H groups in total. The summed E-state index contributed by atoms with van der Waals surface area (Å²) >= 11 is 12.8. The predicted molar refractivity (Wildman–Crippen MR) is 79.2 cm³/mol. The second-order valence-electron chi connectivity index (χ2n) is 4.13. The average molecular weight is 315 g/mol. The molecule has 0 saturated heterocycles. The van der Waals surface area contributed by atoms with Gasteiger partial charge < -0.3 is 5.32 Å². The van der Waals surface area contributed by atoms with Crippen LogP contribution in [-0.4, -0.2) is 10.9 Å². The average Bonchev–Trinajstić information content (AvgIpc) is 2.69. The van der Waals surface area contributed by atoms with Gasteiger partial charge in [-0.3, -0.25) is 4.79 Å². The first kappa shape index (κ1) is 14.3. The summed E-state index contributed by atoms with van der Waals surface area (Å²) in [5, 5.41) is 3.59. The van der Waals surface area contributed by atoms with Crippen LogP contribution in [0.25, 0.3) is 0 Å². The molecule has 1 heterocycles. The van der Waals surface area contributed by atoms with Crippen LogP contribution in [0.15, 0.2) is 24.3 Å². The van der Waals surface area contributed by atoms with Gasteiger partial charge in [0.1, 0.15) is 4.88 Å². The van der Waals surface area contributed by atoms with Crippen LogP contribution in [0.1, 0.15) is 33.9 Å². The Bertz CT molecular complexity index is 595. The second kappa shape index (κ2) is 5.90. The van der Waals surface area contributed by atoms with Crippen LogP contribution in [0, 0.1) is 6.92 Å². The molecule has 19 heavy (non-hydrogen) atoms. The van der Waals surface area contributed by atoms with Gasteiger partial charge in [-0.05, 0) is 31.5 Å². The number of rotatable bonds is 3. The number of aromatic nitrogens is 1. The molecule has 0 aliphatic heterocycles. The highest BCUT2D eigenvalue weighted by Gasteiger charge is 2.17. The summed E-state index contributed by atoms with van der Waals surface area (Å²) in [5.41, 5.74) is 1.64. The van der Waals surface area contributed by atoms with Crippen molar-refractivity contribution in [2.24, 2.45) is 0 Å². The molecular weight excluding hydrogens is 303 g/mol. The summed E-state index contributed by atoms with van der Waals surface area (Å²) in [4.78, 5) is 16.7. The van der Waals surface area contributed by atoms with Crippen LogP contribution in [-0.2, 0) is 0 Å². The van der Waals surface area contributed by atoms with E-state index >= 15 is 0 Å². The Morgan fingerprint density at radius 3 is 2.47 bits per heavy atom. The molecule has 0 aliphatic carbocycles. The summed E-state index contributed by atoms with van der Waals surface area (Å²) in [5.74, 6) is -0.163. The zero-order valence-corrected chi connectivity index (χ0v) is 12.7. The third-order valence-corrected chi connectivity index (χ3v) is 4.21. The van der Waals surface area contributed by atoms with E-state index in [2.05, 4.69) is 10.3 Å². The van der Waals surface area contributed by atoms with Crippen molar-refractivity contribution in [2.75, 3.05) is 0 Å². The van der Waals surface area contributed by atoms with Crippen LogP contribution in [0.3, 0.4) is 0 Å². The number of halogens is 2. The number of amides is 1. The molecule has 0 spiro atoms. The van der Waals surface area contributed by atoms with Crippen molar-refractivity contribution in [1.82, 2.24) is 10.3 Å². The summed E-state index contributed by atoms with van der Waals surface area (Å²) < 4.78 is 0.377. The van der Waals surface area contributed by atoms with Crippen molar-refractivity contribution in [2.45, 2.75) is 19.9 Å². The van der Waals surface area contributed by atoms with Crippen molar-refractivity contribution in [3.8, 4) is 0 Å². The van der Waals surface area contributed by atoms with E-state index in [1.807, 2.05) is 19.1 Å². The fraction of sp³-hybridized carbons (Fsp3) is 0.231. The third kappa shape index (κ3) is 3.47. The van der Waals surface area contributed by atoms with Crippen molar-refractivity contribution in [3.05, 3.63) is 49.9 Å². The number of carbonyl (C=O) groups excluding carboxylic acids is 1. The molecule has 1 aromatic carbocycles. The molecule has 0 aliphatic rings. The van der Waals surface area contributed by atoms with Crippen molar-refractivity contribution >= 4 is 40.4 Å². The van der Waals surface area contributed by atoms with E-state index in [9.17, 15) is 4.79 Å². The molecule has 0 radical (unpaired) electrons. The van der Waals surface area contributed by atoms with Crippen molar-refractivity contribution in [1.29, 1.82) is 0 Å². The predicted octanol–water partition coefficient (Wildman–Crippen LogP) is 4.25. The largest absolute Gasteiger partial charge is 0.345 e. The van der Waals surface area contributed by atoms with Gasteiger partial charge in [0.05, 0.1) is 11.7 Å². The van der Waals surface area contributed by atoms with Crippen molar-refractivity contribution in [3.63, 3.8) is 0 Å². The number of aryl methyl sites for hydroxylation is 1. The SMILES string of the molecule is Cc1nc(Cl)sc1C(=O)N[C@H](C)c1ccc(Cl)cc1. The zero-order valence-electron chi connectivity index (χ0n) is 10.4. The Morgan fingerprint density at radius 1 is 1.32 bits per heavy atom. The number of benzene rings is 1. The highest BCUT2D eigenvalue weighted by molar-refractivity contribution is 7.17. The maximum absolute atomic E-state index is 12.1. The number of thiazole rings is 1. The van der Waals surface area contributed by atoms with Crippen LogP contribution < -0.4 is 5.32 Å². The van der Waals surface area contributed by atoms with E-state index in [1.54, 1.807) is 19.1 Å². The molecule has 3 nitrogen and oxygen atoms in total. The first-order valence-electron chi connectivity index (χ1n) is 5.66. The number of hydrogen-bond donors (Lipinski definition) is 1. The molecular formula is C13H12Cl2N2OS. The summed E-state index contributed by atoms with van der Waals surface area (Å²) in [6, 6.07) is 7.27. The van der Waals surface area contributed by atoms with E-state index in [4.69, 9.17) is 23.2 Å². The summed E-state index contributed by atoms with van der Waals surface area (Å²) in [6.45, 7) is 3.68. The number of hydrogen-bond acceptors (Lipinski definition) is 3. The lowest BCUT2D eigenvalue weighted by Gasteiger charge is -2.13. The molecule has 0 unspecified atom stereocenters. The number of nitrogens with one attached hydrogen (secondary N) is 1. The van der Waals surface area contributed by atoms with E-state index in [0.717, 1.165) is 5.56 Å². The topological polar surface area (TPSA) is 42.0 Å². The Labute approximate surface area is 125 Å². The molecule has 0 bridgehead atoms. The maximum Gasteiger partial charge on any atom is 0.263 e. The van der Waals surface area contributed by atoms with Gasteiger partial charge in [-0.25, -0.2) is 4.98 Å². The molecule has 1 amide bonds. The molecule has 1 atom stereocenters. The Morgan fingerprint density at radius 2 is 1.95 bits per heavy atom. The quantitative estimate of drug-likeness (QED) is 0.920. The monoisotopic (exact) mass is 314 g/mol. The minimum atomic E-state index is -0.163. The van der Waals surface area contributed by atoms with E-state index in [-0.39, 0.29) is 11.9 Å². The molecule has 100 valence electrons. The van der Waals surface area contributed by atoms with Crippen LogP contribution in [0.4, 0.5) is 0 Å². The van der Waals surface area contributed by atoms with E-state index in [0.29, 0.717) is 20.1 Å². The fourth-order valence-corrected chi connectivity index (χ4v) is 2.85. The first-order valence-corrected chi connectivity index (χ1v) is 7.24. The fourth-order valence-electron chi connectivity index (χ4n) is 1.67. The normalized spacial score (nSPS) is 12.2. The van der Waals surface area contributed by atoms with Gasteiger partial charge in [-0.1, -0.05) is 46.7 Å². The van der Waals surface area contributed by atoms with Crippen LogP contribution in [0.5, 0.6) is 0 Å². The van der Waals surface area contributed by atoms with Gasteiger partial charge in [0, 0.05) is 5.02 Å². The first-order chi connectivity index (χ1) is 8.97. The maximum atomic E-state index is 12.1. The highest BCUT2D eigenvalue weighted by Crippen LogP contribution is 2.23. The van der Waals surface area contributed by atoms with Crippen LogP contribution in [0.2, 0.25) is 9.49 Å². The van der Waals surface area contributed by atoms with E-state index in [1.165, 1.54) is 11.3 Å². The Balaban J connectivity index is 2.10. The van der Waals surface area contributed by atoms with Gasteiger partial charge >= 0.3 is 0 Å². The van der Waals surface area contributed by atoms with Crippen LogP contribution >= 0.6 is 34.5 Å². The van der Waals surface area contributed by atoms with Gasteiger partial charge in [0.25, 0.3) is 5.91 Å². The lowest BCUT2D eigenvalue weighted by molar-refractivity contribution is 0.0943. The zero-order chi connectivity index (χ0) is 14.0. The minimum absolute atomic E-state index is 0.106. The molecule has 0 saturated carbocycles. The Hall–Kier alpha value is -1.10. The molecule has 0 fully saturated rings. The lowest BCUT2D eigenvalue weighted by atomic mass is 10.1. The van der Waals surface area contributed by atoms with Gasteiger partial charge in [-0.2, -0.15) is 0 Å². The summed E-state index contributed by atoms with van der Waals surface area (Å²) in [7, 11) is 0. The van der Waals surface area contributed by atoms with Crippen molar-refractivity contribution < 1.29 is 4.79 Å². The van der Waals surface area contributed by atoms with E-state index < -0.39 is 0 Å². The minimum Gasteiger partial charge on any atom is -0.345 e. The van der Waals surface area contributed by atoms with Gasteiger partial charge in [0.2, 0.25) is 0 Å². The van der Waals surface area contributed by atoms with Gasteiger partial charge in [-0.15, -0.1) is 0 Å². The second-order valence-corrected chi connectivity index (χ2v) is 6.15. The third-order valence-electron chi connectivity index (χ3n) is 2.69. The molecule has 2 rings (SSSR count). The molecule has 1 aromatic heterocycles. The lowest BCUT2D eigenvalue weighted by Crippen LogP contribution is -2.26. The standard InChI is InChI=1S/C13H12Cl2N2OS/c1-7(9-3-5-10(14)6-4-9)16-12(18)11-8(2)17-13(15)19-11/h3-7H,1-2H3,(H,16,18)/t7-/m1/s1. The highest BCUT2D eigenvalue weighted by atomic mass is 35.5. The molecule has 2 aromatic rings. The number of nitrogens with zero attached hydrogens (tertiary/aromatic N) is 1. The number of carbonyl (C=O) groups is 1. The molecule has 6 heteroatoms. The summed E-state index contributed by atoms with van der Waals surface area (Å²) in [6.07, 6.45) is 0. The van der Waals surface area contributed by atoms with Gasteiger partial charge in [0.15, 0.2) is 4.47 Å². The smallest absolute Gasteiger partial charge is 0.263 e. The Kier molecular flexibility index (Phi) is 4.45.